The maximum Gasteiger partial charge on any atom is 0.248 e. The van der Waals surface area contributed by atoms with E-state index in [1.54, 1.807) is 6.07 Å². The van der Waals surface area contributed by atoms with Crippen molar-refractivity contribution in [2.45, 2.75) is 43.5 Å². The molecule has 2 aromatic carbocycles. The van der Waals surface area contributed by atoms with E-state index < -0.39 is 17.5 Å². The first-order valence-electron chi connectivity index (χ1n) is 9.55. The highest BCUT2D eigenvalue weighted by Gasteiger charge is 2.20. The Bertz CT molecular complexity index is 1020. The number of hydrogen-bond acceptors (Lipinski definition) is 2. The van der Waals surface area contributed by atoms with Gasteiger partial charge in [-0.25, -0.2) is 8.78 Å². The number of aryl methyl sites for hydroxylation is 2. The van der Waals surface area contributed by atoms with Gasteiger partial charge < -0.3 is 10.3 Å². The van der Waals surface area contributed by atoms with E-state index in [1.165, 1.54) is 41.6 Å². The van der Waals surface area contributed by atoms with Gasteiger partial charge in [-0.05, 0) is 73.8 Å². The fourth-order valence-corrected chi connectivity index (χ4v) is 4.97. The van der Waals surface area contributed by atoms with Crippen LogP contribution in [0.5, 0.6) is 0 Å². The minimum absolute atomic E-state index is 0.405. The SMILES string of the molecule is NC(=O)c1ccc2c(c1)c1c(n2CCCSc2cc(F)cc(F)c2)CCCC1. The van der Waals surface area contributed by atoms with Crippen LogP contribution >= 0.6 is 11.8 Å². The van der Waals surface area contributed by atoms with E-state index in [0.29, 0.717) is 10.5 Å². The van der Waals surface area contributed by atoms with E-state index in [4.69, 9.17) is 5.73 Å². The normalized spacial score (nSPS) is 13.6. The number of carbonyl (C=O) groups is 1. The number of aromatic nitrogens is 1. The van der Waals surface area contributed by atoms with Crippen molar-refractivity contribution in [2.24, 2.45) is 5.73 Å². The summed E-state index contributed by atoms with van der Waals surface area (Å²) in [6.45, 7) is 0.840. The lowest BCUT2D eigenvalue weighted by atomic mass is 9.95. The van der Waals surface area contributed by atoms with Crippen molar-refractivity contribution in [1.29, 1.82) is 0 Å². The molecule has 0 bridgehead atoms. The molecule has 0 unspecified atom stereocenters. The van der Waals surface area contributed by atoms with Crippen molar-refractivity contribution in [2.75, 3.05) is 5.75 Å². The predicted molar refractivity (Wildman–Crippen MR) is 109 cm³/mol. The summed E-state index contributed by atoms with van der Waals surface area (Å²) in [5, 5.41) is 1.13. The quantitative estimate of drug-likeness (QED) is 0.463. The molecule has 0 atom stereocenters. The second kappa shape index (κ2) is 7.95. The van der Waals surface area contributed by atoms with Gasteiger partial charge in [-0.15, -0.1) is 11.8 Å². The number of carbonyl (C=O) groups excluding carboxylic acids is 1. The van der Waals surface area contributed by atoms with Gasteiger partial charge in [0.15, 0.2) is 0 Å². The monoisotopic (exact) mass is 400 g/mol. The summed E-state index contributed by atoms with van der Waals surface area (Å²) < 4.78 is 29.0. The van der Waals surface area contributed by atoms with Gasteiger partial charge in [-0.3, -0.25) is 4.79 Å². The lowest BCUT2D eigenvalue weighted by molar-refractivity contribution is 0.100. The number of rotatable bonds is 6. The first kappa shape index (κ1) is 19.0. The first-order valence-corrected chi connectivity index (χ1v) is 10.5. The maximum atomic E-state index is 13.3. The Morgan fingerprint density at radius 3 is 2.57 bits per heavy atom. The van der Waals surface area contributed by atoms with Crippen LogP contribution in [0.25, 0.3) is 10.9 Å². The minimum Gasteiger partial charge on any atom is -0.366 e. The Morgan fingerprint density at radius 2 is 1.82 bits per heavy atom. The zero-order valence-corrected chi connectivity index (χ0v) is 16.3. The van der Waals surface area contributed by atoms with Gasteiger partial charge in [0.05, 0.1) is 0 Å². The molecule has 4 rings (SSSR count). The molecule has 28 heavy (non-hydrogen) atoms. The average Bonchev–Trinajstić information content (AvgIpc) is 2.98. The average molecular weight is 400 g/mol. The third-order valence-electron chi connectivity index (χ3n) is 5.29. The molecule has 1 aliphatic carbocycles. The van der Waals surface area contributed by atoms with Crippen LogP contribution in [0.3, 0.4) is 0 Å². The lowest BCUT2D eigenvalue weighted by Crippen LogP contribution is -2.10. The van der Waals surface area contributed by atoms with E-state index >= 15 is 0 Å². The standard InChI is InChI=1S/C22H22F2N2OS/c23-15-11-16(24)13-17(12-15)28-9-3-8-26-20-5-2-1-4-18(20)19-10-14(22(25)27)6-7-21(19)26/h6-7,10-13H,1-5,8-9H2,(H2,25,27). The zero-order valence-electron chi connectivity index (χ0n) is 15.5. The van der Waals surface area contributed by atoms with Gasteiger partial charge in [-0.2, -0.15) is 0 Å². The van der Waals surface area contributed by atoms with Crippen LogP contribution in [0.4, 0.5) is 8.78 Å². The number of benzene rings is 2. The fraction of sp³-hybridized carbons (Fsp3) is 0.318. The Hall–Kier alpha value is -2.34. The molecular weight excluding hydrogens is 378 g/mol. The van der Waals surface area contributed by atoms with Crippen LogP contribution < -0.4 is 5.73 Å². The molecule has 1 amide bonds. The molecule has 6 heteroatoms. The number of nitrogens with two attached hydrogens (primary N) is 1. The minimum atomic E-state index is -0.543. The predicted octanol–water partition coefficient (Wildman–Crippen LogP) is 5.08. The van der Waals surface area contributed by atoms with Crippen molar-refractivity contribution < 1.29 is 13.6 Å². The van der Waals surface area contributed by atoms with Gasteiger partial charge in [0.2, 0.25) is 5.91 Å². The molecule has 1 heterocycles. The molecule has 0 fully saturated rings. The second-order valence-electron chi connectivity index (χ2n) is 7.19. The molecule has 3 nitrogen and oxygen atoms in total. The first-order chi connectivity index (χ1) is 13.5. The molecule has 0 spiro atoms. The number of fused-ring (bicyclic) bond motifs is 3. The molecule has 1 aromatic heterocycles. The van der Waals surface area contributed by atoms with Crippen molar-refractivity contribution >= 4 is 28.6 Å². The van der Waals surface area contributed by atoms with E-state index in [-0.39, 0.29) is 0 Å². The Kier molecular flexibility index (Phi) is 5.40. The molecular formula is C22H22F2N2OS. The summed E-state index contributed by atoms with van der Waals surface area (Å²) in [5.41, 5.74) is 9.83. The summed E-state index contributed by atoms with van der Waals surface area (Å²) in [6.07, 6.45) is 5.28. The zero-order chi connectivity index (χ0) is 19.7. The lowest BCUT2D eigenvalue weighted by Gasteiger charge is -2.16. The number of amides is 1. The van der Waals surface area contributed by atoms with Crippen molar-refractivity contribution in [3.05, 3.63) is 64.9 Å². The van der Waals surface area contributed by atoms with Crippen LogP contribution in [0.1, 0.15) is 40.9 Å². The molecule has 0 aliphatic heterocycles. The molecule has 2 N–H and O–H groups in total. The molecule has 0 saturated heterocycles. The van der Waals surface area contributed by atoms with Crippen molar-refractivity contribution in [3.8, 4) is 0 Å². The van der Waals surface area contributed by atoms with E-state index in [9.17, 15) is 13.6 Å². The van der Waals surface area contributed by atoms with Gasteiger partial charge in [0, 0.05) is 39.7 Å². The van der Waals surface area contributed by atoms with Crippen LogP contribution in [0.15, 0.2) is 41.3 Å². The smallest absolute Gasteiger partial charge is 0.248 e. The van der Waals surface area contributed by atoms with Crippen LogP contribution in [-0.4, -0.2) is 16.2 Å². The third kappa shape index (κ3) is 3.78. The second-order valence-corrected chi connectivity index (χ2v) is 8.36. The van der Waals surface area contributed by atoms with Crippen molar-refractivity contribution in [1.82, 2.24) is 4.57 Å². The largest absolute Gasteiger partial charge is 0.366 e. The Balaban J connectivity index is 1.54. The summed E-state index contributed by atoms with van der Waals surface area (Å²) in [4.78, 5) is 12.2. The van der Waals surface area contributed by atoms with Gasteiger partial charge in [0.25, 0.3) is 0 Å². The Labute approximate surface area is 166 Å². The summed E-state index contributed by atoms with van der Waals surface area (Å²) in [5.74, 6) is -0.717. The summed E-state index contributed by atoms with van der Waals surface area (Å²) in [6, 6.07) is 9.32. The fourth-order valence-electron chi connectivity index (χ4n) is 4.07. The van der Waals surface area contributed by atoms with E-state index in [1.807, 2.05) is 12.1 Å². The van der Waals surface area contributed by atoms with Crippen LogP contribution in [0.2, 0.25) is 0 Å². The topological polar surface area (TPSA) is 48.0 Å². The molecule has 0 saturated carbocycles. The molecule has 146 valence electrons. The van der Waals surface area contributed by atoms with E-state index in [0.717, 1.165) is 55.0 Å². The number of thioether (sulfide) groups is 1. The van der Waals surface area contributed by atoms with Crippen LogP contribution in [-0.2, 0) is 19.4 Å². The molecule has 3 aromatic rings. The van der Waals surface area contributed by atoms with E-state index in [2.05, 4.69) is 4.57 Å². The van der Waals surface area contributed by atoms with Crippen LogP contribution in [0, 0.1) is 11.6 Å². The number of hydrogen-bond donors (Lipinski definition) is 1. The highest BCUT2D eigenvalue weighted by Crippen LogP contribution is 2.33. The number of halogens is 2. The summed E-state index contributed by atoms with van der Waals surface area (Å²) in [7, 11) is 0. The summed E-state index contributed by atoms with van der Waals surface area (Å²) >= 11 is 1.47. The third-order valence-corrected chi connectivity index (χ3v) is 6.35. The highest BCUT2D eigenvalue weighted by atomic mass is 32.2. The van der Waals surface area contributed by atoms with Gasteiger partial charge in [-0.1, -0.05) is 0 Å². The van der Waals surface area contributed by atoms with Gasteiger partial charge in [0.1, 0.15) is 11.6 Å². The number of nitrogens with zero attached hydrogens (tertiary/aromatic N) is 1. The van der Waals surface area contributed by atoms with Crippen molar-refractivity contribution in [3.63, 3.8) is 0 Å². The molecule has 1 aliphatic rings. The molecule has 0 radical (unpaired) electrons. The number of primary amides is 1. The maximum absolute atomic E-state index is 13.3. The highest BCUT2D eigenvalue weighted by molar-refractivity contribution is 7.99. The van der Waals surface area contributed by atoms with Gasteiger partial charge >= 0.3 is 0 Å². The Morgan fingerprint density at radius 1 is 1.07 bits per heavy atom.